The summed E-state index contributed by atoms with van der Waals surface area (Å²) in [7, 11) is -3.07. The third kappa shape index (κ3) is 4.67. The van der Waals surface area contributed by atoms with Gasteiger partial charge in [-0.2, -0.15) is 5.10 Å². The molecule has 0 spiro atoms. The van der Waals surface area contributed by atoms with Crippen molar-refractivity contribution in [3.8, 4) is 0 Å². The van der Waals surface area contributed by atoms with E-state index in [-0.39, 0.29) is 40.9 Å². The highest BCUT2D eigenvalue weighted by Crippen LogP contribution is 2.29. The van der Waals surface area contributed by atoms with E-state index < -0.39 is 21.7 Å². The Labute approximate surface area is 173 Å². The Morgan fingerprint density at radius 2 is 2.14 bits per heavy atom. The van der Waals surface area contributed by atoms with Crippen molar-refractivity contribution in [3.05, 3.63) is 28.0 Å². The summed E-state index contributed by atoms with van der Waals surface area (Å²) in [4.78, 5) is 29.2. The number of nitrogens with one attached hydrogen (secondary N) is 1. The van der Waals surface area contributed by atoms with E-state index >= 15 is 0 Å². The number of aryl methyl sites for hydroxylation is 1. The number of carbonyl (C=O) groups excluding carboxylic acids is 2. The van der Waals surface area contributed by atoms with Gasteiger partial charge in [0, 0.05) is 5.69 Å². The molecule has 3 rings (SSSR count). The molecule has 2 aromatic heterocycles. The maximum atomic E-state index is 12.7. The molecule has 9 nitrogen and oxygen atoms in total. The number of thiazole rings is 1. The fourth-order valence-electron chi connectivity index (χ4n) is 3.21. The van der Waals surface area contributed by atoms with Crippen LogP contribution in [0.2, 0.25) is 0 Å². The van der Waals surface area contributed by atoms with Gasteiger partial charge in [0.25, 0.3) is 5.91 Å². The predicted molar refractivity (Wildman–Crippen MR) is 109 cm³/mol. The molecule has 0 radical (unpaired) electrons. The van der Waals surface area contributed by atoms with Crippen molar-refractivity contribution in [1.82, 2.24) is 14.8 Å². The van der Waals surface area contributed by atoms with Crippen LogP contribution in [0.1, 0.15) is 70.7 Å². The average Bonchev–Trinajstić information content (AvgIpc) is 3.31. The molecule has 1 aliphatic heterocycles. The summed E-state index contributed by atoms with van der Waals surface area (Å²) < 4.78 is 30.3. The second-order valence-electron chi connectivity index (χ2n) is 7.22. The van der Waals surface area contributed by atoms with Crippen LogP contribution in [0.3, 0.4) is 0 Å². The number of aromatic nitrogens is 3. The van der Waals surface area contributed by atoms with Gasteiger partial charge in [0.1, 0.15) is 4.88 Å². The summed E-state index contributed by atoms with van der Waals surface area (Å²) >= 11 is 1.04. The standard InChI is InChI=1S/C18H24N4O5S2/c1-5-27-17(24)15-11(4)19-18(28-15)20-16(23)13-8-14(10(2)3)22(21-13)12-6-7-29(25,26)9-12/h8,10,12H,5-7,9H2,1-4H3,(H,19,20,23)/t12-/m0/s1. The van der Waals surface area contributed by atoms with E-state index in [1.807, 2.05) is 13.8 Å². The molecule has 0 aliphatic carbocycles. The number of esters is 1. The van der Waals surface area contributed by atoms with Gasteiger partial charge in [-0.25, -0.2) is 18.2 Å². The van der Waals surface area contributed by atoms with Gasteiger partial charge < -0.3 is 4.74 Å². The van der Waals surface area contributed by atoms with Crippen LogP contribution in [-0.4, -0.2) is 53.2 Å². The fourth-order valence-corrected chi connectivity index (χ4v) is 5.76. The highest BCUT2D eigenvalue weighted by Gasteiger charge is 2.32. The Bertz CT molecular complexity index is 1040. The van der Waals surface area contributed by atoms with E-state index in [0.717, 1.165) is 17.0 Å². The van der Waals surface area contributed by atoms with E-state index in [9.17, 15) is 18.0 Å². The van der Waals surface area contributed by atoms with Crippen molar-refractivity contribution in [2.75, 3.05) is 23.4 Å². The lowest BCUT2D eigenvalue weighted by Crippen LogP contribution is -2.17. The number of carbonyl (C=O) groups is 2. The van der Waals surface area contributed by atoms with Crippen LogP contribution in [0.15, 0.2) is 6.07 Å². The second-order valence-corrected chi connectivity index (χ2v) is 10.4. The number of ether oxygens (including phenoxy) is 1. The smallest absolute Gasteiger partial charge is 0.350 e. The molecule has 1 saturated heterocycles. The molecule has 11 heteroatoms. The highest BCUT2D eigenvalue weighted by molar-refractivity contribution is 7.91. The SMILES string of the molecule is CCOC(=O)c1sc(NC(=O)c2cc(C(C)C)n([C@H]3CCS(=O)(=O)C3)n2)nc1C. The zero-order valence-electron chi connectivity index (χ0n) is 16.8. The zero-order valence-corrected chi connectivity index (χ0v) is 18.4. The molecule has 3 heterocycles. The molecule has 0 aromatic carbocycles. The minimum absolute atomic E-state index is 0.0318. The minimum Gasteiger partial charge on any atom is -0.462 e. The van der Waals surface area contributed by atoms with Crippen molar-refractivity contribution < 1.29 is 22.7 Å². The summed E-state index contributed by atoms with van der Waals surface area (Å²) in [5.41, 5.74) is 1.47. The Kier molecular flexibility index (Phi) is 6.08. The van der Waals surface area contributed by atoms with Crippen LogP contribution >= 0.6 is 11.3 Å². The van der Waals surface area contributed by atoms with E-state index in [0.29, 0.717) is 17.0 Å². The van der Waals surface area contributed by atoms with Crippen molar-refractivity contribution in [3.63, 3.8) is 0 Å². The quantitative estimate of drug-likeness (QED) is 0.685. The number of hydrogen-bond donors (Lipinski definition) is 1. The maximum Gasteiger partial charge on any atom is 0.350 e. The van der Waals surface area contributed by atoms with Crippen LogP contribution in [0.25, 0.3) is 0 Å². The third-order valence-electron chi connectivity index (χ3n) is 4.62. The Morgan fingerprint density at radius 1 is 1.41 bits per heavy atom. The monoisotopic (exact) mass is 440 g/mol. The summed E-state index contributed by atoms with van der Waals surface area (Å²) in [6.07, 6.45) is 0.485. The molecule has 0 bridgehead atoms. The first kappa shape index (κ1) is 21.4. The lowest BCUT2D eigenvalue weighted by atomic mass is 10.1. The topological polar surface area (TPSA) is 120 Å². The molecule has 1 amide bonds. The van der Waals surface area contributed by atoms with Crippen molar-refractivity contribution in [2.45, 2.75) is 46.1 Å². The van der Waals surface area contributed by atoms with Crippen LogP contribution in [0.4, 0.5) is 5.13 Å². The number of sulfone groups is 1. The van der Waals surface area contributed by atoms with Gasteiger partial charge in [0.2, 0.25) is 0 Å². The number of amides is 1. The molecular formula is C18H24N4O5S2. The molecule has 0 unspecified atom stereocenters. The first-order valence-corrected chi connectivity index (χ1v) is 12.0. The summed E-state index contributed by atoms with van der Waals surface area (Å²) in [5.74, 6) is -0.701. The van der Waals surface area contributed by atoms with E-state index in [1.54, 1.807) is 24.6 Å². The largest absolute Gasteiger partial charge is 0.462 e. The van der Waals surface area contributed by atoms with Crippen LogP contribution in [0.5, 0.6) is 0 Å². The number of anilines is 1. The highest BCUT2D eigenvalue weighted by atomic mass is 32.2. The second kappa shape index (κ2) is 8.23. The molecule has 0 saturated carbocycles. The minimum atomic E-state index is -3.07. The molecule has 2 aromatic rings. The van der Waals surface area contributed by atoms with Gasteiger partial charge in [0.15, 0.2) is 20.7 Å². The van der Waals surface area contributed by atoms with E-state index in [1.165, 1.54) is 0 Å². The first-order valence-electron chi connectivity index (χ1n) is 9.37. The third-order valence-corrected chi connectivity index (χ3v) is 7.42. The molecule has 1 atom stereocenters. The number of rotatable bonds is 6. The van der Waals surface area contributed by atoms with Crippen molar-refractivity contribution >= 4 is 38.2 Å². The zero-order chi connectivity index (χ0) is 21.3. The normalized spacial score (nSPS) is 18.2. The lowest BCUT2D eigenvalue weighted by Gasteiger charge is -2.15. The number of nitrogens with zero attached hydrogens (tertiary/aromatic N) is 3. The molecule has 1 fully saturated rings. The Morgan fingerprint density at radius 3 is 2.72 bits per heavy atom. The van der Waals surface area contributed by atoms with Gasteiger partial charge in [-0.1, -0.05) is 25.2 Å². The van der Waals surface area contributed by atoms with Crippen LogP contribution in [-0.2, 0) is 14.6 Å². The number of hydrogen-bond acceptors (Lipinski definition) is 8. The van der Waals surface area contributed by atoms with Crippen LogP contribution < -0.4 is 5.32 Å². The molecule has 1 aliphatic rings. The molecule has 158 valence electrons. The first-order chi connectivity index (χ1) is 13.6. The van der Waals surface area contributed by atoms with E-state index in [2.05, 4.69) is 15.4 Å². The maximum absolute atomic E-state index is 12.7. The van der Waals surface area contributed by atoms with E-state index in [4.69, 9.17) is 4.74 Å². The van der Waals surface area contributed by atoms with Gasteiger partial charge in [-0.15, -0.1) is 0 Å². The average molecular weight is 441 g/mol. The van der Waals surface area contributed by atoms with Crippen molar-refractivity contribution in [2.24, 2.45) is 0 Å². The molecular weight excluding hydrogens is 416 g/mol. The predicted octanol–water partition coefficient (Wildman–Crippen LogP) is 2.56. The summed E-state index contributed by atoms with van der Waals surface area (Å²) in [6.45, 7) is 7.58. The summed E-state index contributed by atoms with van der Waals surface area (Å²) in [5, 5.41) is 7.34. The van der Waals surface area contributed by atoms with Crippen LogP contribution in [0, 0.1) is 6.92 Å². The van der Waals surface area contributed by atoms with Crippen molar-refractivity contribution in [1.29, 1.82) is 0 Å². The Hall–Kier alpha value is -2.27. The van der Waals surface area contributed by atoms with Gasteiger partial charge in [-0.3, -0.25) is 14.8 Å². The van der Waals surface area contributed by atoms with Gasteiger partial charge in [-0.05, 0) is 32.3 Å². The van der Waals surface area contributed by atoms with Gasteiger partial charge in [0.05, 0.1) is 29.8 Å². The van der Waals surface area contributed by atoms with Gasteiger partial charge >= 0.3 is 5.97 Å². The lowest BCUT2D eigenvalue weighted by molar-refractivity contribution is 0.0531. The molecule has 29 heavy (non-hydrogen) atoms. The summed E-state index contributed by atoms with van der Waals surface area (Å²) in [6, 6.07) is 1.41. The Balaban J connectivity index is 1.82. The fraction of sp³-hybridized carbons (Fsp3) is 0.556. The molecule has 1 N–H and O–H groups in total.